The van der Waals surface area contributed by atoms with Crippen molar-refractivity contribution < 1.29 is 28.3 Å². The van der Waals surface area contributed by atoms with Gasteiger partial charge in [-0.2, -0.15) is 0 Å². The predicted octanol–water partition coefficient (Wildman–Crippen LogP) is 2.28. The van der Waals surface area contributed by atoms with Gasteiger partial charge in [-0.15, -0.1) is 0 Å². The minimum absolute atomic E-state index is 0. The standard InChI is InChI=1S/C14H15O6P.K.H/c1-14(20-21(15,16)17,18-12-8-4-2-5-9-12)19-13-10-6-3-7-11-13;;/h2-11H,1H3,(H2,15,16,17);;. The second kappa shape index (κ2) is 8.59. The fourth-order valence-electron chi connectivity index (χ4n) is 1.68. The van der Waals surface area contributed by atoms with Gasteiger partial charge >= 0.3 is 65.2 Å². The first kappa shape index (κ1) is 19.8. The summed E-state index contributed by atoms with van der Waals surface area (Å²) in [5, 5.41) is 0. The van der Waals surface area contributed by atoms with E-state index in [1.165, 1.54) is 6.92 Å². The van der Waals surface area contributed by atoms with Gasteiger partial charge in [0.1, 0.15) is 11.5 Å². The third-order valence-electron chi connectivity index (χ3n) is 2.38. The van der Waals surface area contributed by atoms with E-state index in [9.17, 15) is 4.57 Å². The number of rotatable bonds is 6. The molecule has 0 radical (unpaired) electrons. The van der Waals surface area contributed by atoms with Crippen LogP contribution in [0.2, 0.25) is 0 Å². The van der Waals surface area contributed by atoms with Crippen molar-refractivity contribution in [3.8, 4) is 11.5 Å². The zero-order valence-corrected chi connectivity index (χ0v) is 12.1. The fourth-order valence-corrected chi connectivity index (χ4v) is 2.19. The van der Waals surface area contributed by atoms with Crippen molar-refractivity contribution in [1.82, 2.24) is 0 Å². The number of hydrogen-bond acceptors (Lipinski definition) is 4. The summed E-state index contributed by atoms with van der Waals surface area (Å²) < 4.78 is 26.7. The molecule has 2 rings (SSSR count). The SMILES string of the molecule is CC(Oc1ccccc1)(Oc1ccccc1)OP(=O)(O)O.[KH]. The zero-order chi connectivity index (χ0) is 15.3. The van der Waals surface area contributed by atoms with Crippen molar-refractivity contribution in [2.24, 2.45) is 0 Å². The van der Waals surface area contributed by atoms with Crippen LogP contribution in [0.1, 0.15) is 6.92 Å². The molecule has 0 unspecified atom stereocenters. The summed E-state index contributed by atoms with van der Waals surface area (Å²) >= 11 is 0. The van der Waals surface area contributed by atoms with Gasteiger partial charge in [0.2, 0.25) is 0 Å². The van der Waals surface area contributed by atoms with E-state index in [4.69, 9.17) is 19.3 Å². The minimum atomic E-state index is -4.81. The van der Waals surface area contributed by atoms with Crippen LogP contribution in [-0.2, 0) is 9.09 Å². The molecule has 0 heterocycles. The quantitative estimate of drug-likeness (QED) is 0.472. The van der Waals surface area contributed by atoms with E-state index < -0.39 is 13.8 Å². The van der Waals surface area contributed by atoms with Crippen molar-refractivity contribution >= 4 is 59.2 Å². The molecular formula is C14H16KO6P. The molecule has 2 aromatic rings. The van der Waals surface area contributed by atoms with Crippen LogP contribution in [0.4, 0.5) is 0 Å². The normalized spacial score (nSPS) is 11.4. The number of phosphoric ester groups is 1. The van der Waals surface area contributed by atoms with Gasteiger partial charge in [0.05, 0.1) is 0 Å². The van der Waals surface area contributed by atoms with Gasteiger partial charge in [0.15, 0.2) is 0 Å². The van der Waals surface area contributed by atoms with E-state index in [-0.39, 0.29) is 51.4 Å². The molecule has 8 heteroatoms. The van der Waals surface area contributed by atoms with Crippen molar-refractivity contribution in [1.29, 1.82) is 0 Å². The van der Waals surface area contributed by atoms with Gasteiger partial charge in [-0.1, -0.05) is 36.4 Å². The van der Waals surface area contributed by atoms with Crippen LogP contribution >= 0.6 is 7.82 Å². The maximum atomic E-state index is 11.1. The second-order valence-electron chi connectivity index (χ2n) is 4.27. The van der Waals surface area contributed by atoms with E-state index in [0.29, 0.717) is 11.5 Å². The Bertz CT molecular complexity index is 574. The van der Waals surface area contributed by atoms with Gasteiger partial charge in [-0.25, -0.2) is 9.09 Å². The third kappa shape index (κ3) is 6.91. The first-order chi connectivity index (χ1) is 9.86. The van der Waals surface area contributed by atoms with Crippen LogP contribution in [0.15, 0.2) is 60.7 Å². The molecule has 0 amide bonds. The summed E-state index contributed by atoms with van der Waals surface area (Å²) in [6, 6.07) is 16.9. The van der Waals surface area contributed by atoms with Crippen LogP contribution in [0.5, 0.6) is 11.5 Å². The number of phosphoric acid groups is 1. The van der Waals surface area contributed by atoms with E-state index in [0.717, 1.165) is 0 Å². The van der Waals surface area contributed by atoms with E-state index in [2.05, 4.69) is 4.52 Å². The molecule has 0 saturated carbocycles. The first-order valence-corrected chi connectivity index (χ1v) is 7.64. The topological polar surface area (TPSA) is 85.2 Å². The molecule has 0 fully saturated rings. The summed E-state index contributed by atoms with van der Waals surface area (Å²) in [5.74, 6) is -1.27. The fraction of sp³-hybridized carbons (Fsp3) is 0.143. The molecule has 114 valence electrons. The van der Waals surface area contributed by atoms with Gasteiger partial charge in [-0.3, -0.25) is 0 Å². The van der Waals surface area contributed by atoms with E-state index in [1.807, 2.05) is 0 Å². The Hall–Kier alpha value is -0.214. The Kier molecular flexibility index (Phi) is 7.74. The molecule has 0 bridgehead atoms. The summed E-state index contributed by atoms with van der Waals surface area (Å²) in [6.07, 6.45) is 0. The molecule has 0 aliphatic carbocycles. The van der Waals surface area contributed by atoms with E-state index >= 15 is 0 Å². The Morgan fingerprint density at radius 3 is 1.55 bits per heavy atom. The van der Waals surface area contributed by atoms with Crippen molar-refractivity contribution in [2.45, 2.75) is 12.9 Å². The van der Waals surface area contributed by atoms with Crippen LogP contribution in [0.3, 0.4) is 0 Å². The summed E-state index contributed by atoms with van der Waals surface area (Å²) in [6.45, 7) is 1.28. The van der Waals surface area contributed by atoms with Gasteiger partial charge in [0, 0.05) is 6.92 Å². The van der Waals surface area contributed by atoms with E-state index in [1.54, 1.807) is 60.7 Å². The Morgan fingerprint density at radius 1 is 0.864 bits per heavy atom. The Labute approximate surface area is 171 Å². The monoisotopic (exact) mass is 350 g/mol. The van der Waals surface area contributed by atoms with Crippen molar-refractivity contribution in [3.63, 3.8) is 0 Å². The summed E-state index contributed by atoms with van der Waals surface area (Å²) in [7, 11) is -4.81. The molecule has 2 aromatic carbocycles. The molecule has 22 heavy (non-hydrogen) atoms. The molecular weight excluding hydrogens is 334 g/mol. The average Bonchev–Trinajstić information content (AvgIpc) is 2.38. The first-order valence-electron chi connectivity index (χ1n) is 6.11. The molecule has 2 N–H and O–H groups in total. The number of hydrogen-bond donors (Lipinski definition) is 2. The number of ether oxygens (including phenoxy) is 2. The zero-order valence-electron chi connectivity index (χ0n) is 11.2. The van der Waals surface area contributed by atoms with Crippen LogP contribution < -0.4 is 9.47 Å². The third-order valence-corrected chi connectivity index (χ3v) is 2.95. The predicted molar refractivity (Wildman–Crippen MR) is 82.8 cm³/mol. The molecule has 0 atom stereocenters. The Morgan fingerprint density at radius 2 is 1.23 bits per heavy atom. The van der Waals surface area contributed by atoms with Crippen LogP contribution in [0, 0.1) is 0 Å². The van der Waals surface area contributed by atoms with Gasteiger partial charge in [-0.05, 0) is 24.3 Å². The van der Waals surface area contributed by atoms with Crippen LogP contribution in [0.25, 0.3) is 0 Å². The summed E-state index contributed by atoms with van der Waals surface area (Å²) in [4.78, 5) is 18.1. The molecule has 0 spiro atoms. The maximum absolute atomic E-state index is 11.1. The van der Waals surface area contributed by atoms with Crippen molar-refractivity contribution in [2.75, 3.05) is 0 Å². The molecule has 0 aliphatic heterocycles. The van der Waals surface area contributed by atoms with Crippen LogP contribution in [-0.4, -0.2) is 67.1 Å². The number of para-hydroxylation sites is 2. The number of benzene rings is 2. The molecule has 0 aromatic heterocycles. The molecule has 6 nitrogen and oxygen atoms in total. The Balaban J connectivity index is 0.00000242. The average molecular weight is 350 g/mol. The van der Waals surface area contributed by atoms with Crippen molar-refractivity contribution in [3.05, 3.63) is 60.7 Å². The van der Waals surface area contributed by atoms with Gasteiger partial charge < -0.3 is 19.3 Å². The summed E-state index contributed by atoms with van der Waals surface area (Å²) in [5.41, 5.74) is 0. The van der Waals surface area contributed by atoms with Gasteiger partial charge in [0.25, 0.3) is 0 Å². The second-order valence-corrected chi connectivity index (χ2v) is 5.44. The molecule has 0 saturated heterocycles. The molecule has 0 aliphatic rings.